The van der Waals surface area contributed by atoms with E-state index >= 15 is 0 Å². The molecule has 0 spiro atoms. The number of aliphatic carboxylic acids is 1. The number of aliphatic hydroxyl groups excluding tert-OH is 16. The average molecular weight is 1080 g/mol. The highest BCUT2D eigenvalue weighted by atomic mass is 32.3. The fourth-order valence-corrected chi connectivity index (χ4v) is 8.47. The zero-order valence-electron chi connectivity index (χ0n) is 38.0. The van der Waals surface area contributed by atoms with E-state index in [0.29, 0.717) is 0 Å². The first-order valence-corrected chi connectivity index (χ1v) is 23.2. The number of rotatable bonds is 24. The first kappa shape index (κ1) is 61.9. The maximum atomic E-state index is 12.7. The molecule has 35 heteroatoms. The fraction of sp³-hybridized carbons (Fsp3) is 0.919. The van der Waals surface area contributed by atoms with Crippen LogP contribution < -0.4 is 10.6 Å². The van der Waals surface area contributed by atoms with Crippen LogP contribution in [0, 0.1) is 0 Å². The first-order valence-electron chi connectivity index (χ1n) is 21.8. The Bertz CT molecular complexity index is 1860. The lowest BCUT2D eigenvalue weighted by atomic mass is 9.88. The van der Waals surface area contributed by atoms with Gasteiger partial charge in [0.05, 0.1) is 51.8 Å². The molecule has 25 atom stereocenters. The van der Waals surface area contributed by atoms with E-state index < -0.39 is 227 Å². The van der Waals surface area contributed by atoms with Gasteiger partial charge < -0.3 is 135 Å². The van der Waals surface area contributed by atoms with Gasteiger partial charge in [-0.05, 0) is 0 Å². The molecule has 4 aliphatic heterocycles. The van der Waals surface area contributed by atoms with Gasteiger partial charge >= 0.3 is 16.4 Å². The predicted molar refractivity (Wildman–Crippen MR) is 220 cm³/mol. The molecule has 0 aromatic heterocycles. The number of hydrogen-bond acceptors (Lipinski definition) is 30. The summed E-state index contributed by atoms with van der Waals surface area (Å²) in [4.78, 5) is 37.1. The molecule has 0 aliphatic carbocycles. The summed E-state index contributed by atoms with van der Waals surface area (Å²) in [5.74, 6) is -6.75. The van der Waals surface area contributed by atoms with Crippen LogP contribution in [0.4, 0.5) is 0 Å². The van der Waals surface area contributed by atoms with E-state index in [1.807, 2.05) is 0 Å². The molecule has 34 nitrogen and oxygen atoms in total. The Balaban J connectivity index is 1.62. The van der Waals surface area contributed by atoms with Gasteiger partial charge in [-0.1, -0.05) is 0 Å². The van der Waals surface area contributed by atoms with Crippen LogP contribution in [0.15, 0.2) is 0 Å². The summed E-state index contributed by atoms with van der Waals surface area (Å²) >= 11 is 0. The van der Waals surface area contributed by atoms with Gasteiger partial charge in [0.1, 0.15) is 116 Å². The quantitative estimate of drug-likeness (QED) is 0.0399. The van der Waals surface area contributed by atoms with Crippen molar-refractivity contribution in [3.63, 3.8) is 0 Å². The van der Waals surface area contributed by atoms with Crippen LogP contribution in [0.3, 0.4) is 0 Å². The standard InChI is InChI=1S/C37H64N2O32S/c1-10(44)38-19-12(46)3-37(36(58)59,71-31(19)22(51)14(48)5-41)63-8-17-23(52)26(55)27(56)34(66-17)69-30-16(7-43)65-33(20(25(30)54)39-11(2)45)70-32-24(53)18(9-64-72(60,61)62)67-35(28(32)57)68-29(15(49)6-42)21(50)13(47)4-40/h12-35,40-43,46-57H,3-9H2,1-2H3,(H,38,44)(H,39,45)(H,58,59)(H,60,61,62)/t12-,13-,14+,15+,16+,17+,18+,19+,20+,21+,22+,23-,24-,25+,26-,27+,28+,29+,30+,31+,32-,33-,34-,35-,37+/m0/s1. The molecule has 72 heavy (non-hydrogen) atoms. The first-order chi connectivity index (χ1) is 33.6. The second kappa shape index (κ2) is 26.4. The highest BCUT2D eigenvalue weighted by molar-refractivity contribution is 7.80. The Morgan fingerprint density at radius 1 is 0.653 bits per heavy atom. The summed E-state index contributed by atoms with van der Waals surface area (Å²) in [6.45, 7) is -5.13. The van der Waals surface area contributed by atoms with E-state index in [9.17, 15) is 114 Å². The number of aliphatic hydroxyl groups is 16. The van der Waals surface area contributed by atoms with Crippen LogP contribution in [-0.2, 0) is 66.9 Å². The number of carboxylic acid groups (broad SMARTS) is 1. The highest BCUT2D eigenvalue weighted by Gasteiger charge is 2.58. The molecule has 4 heterocycles. The molecule has 0 saturated carbocycles. The minimum atomic E-state index is -5.29. The molecule has 420 valence electrons. The fourth-order valence-electron chi connectivity index (χ4n) is 8.16. The number of carbonyl (C=O) groups is 3. The number of carboxylic acids is 1. The van der Waals surface area contributed by atoms with Crippen LogP contribution in [0.25, 0.3) is 0 Å². The third-order valence-electron chi connectivity index (χ3n) is 11.9. The Morgan fingerprint density at radius 3 is 1.74 bits per heavy atom. The van der Waals surface area contributed by atoms with Gasteiger partial charge in [-0.3, -0.25) is 14.1 Å². The zero-order chi connectivity index (χ0) is 54.3. The Labute approximate surface area is 407 Å². The number of nitrogens with one attached hydrogen (secondary N) is 2. The summed E-state index contributed by atoms with van der Waals surface area (Å²) < 4.78 is 81.2. The van der Waals surface area contributed by atoms with Crippen LogP contribution in [0.2, 0.25) is 0 Å². The molecule has 2 amide bonds. The third-order valence-corrected chi connectivity index (χ3v) is 12.4. The summed E-state index contributed by atoms with van der Waals surface area (Å²) in [6.07, 6.45) is -48.0. The van der Waals surface area contributed by atoms with E-state index in [1.165, 1.54) is 0 Å². The van der Waals surface area contributed by atoms with Crippen molar-refractivity contribution in [2.75, 3.05) is 39.6 Å². The molecule has 0 aromatic carbocycles. The van der Waals surface area contributed by atoms with Crippen LogP contribution in [-0.4, -0.2) is 310 Å². The Kier molecular flexibility index (Phi) is 22.7. The number of amides is 2. The molecular formula is C37H64N2O32S. The van der Waals surface area contributed by atoms with Crippen molar-refractivity contribution >= 4 is 28.2 Å². The summed E-state index contributed by atoms with van der Waals surface area (Å²) in [5.41, 5.74) is 0. The van der Waals surface area contributed by atoms with E-state index in [4.69, 9.17) is 37.9 Å². The van der Waals surface area contributed by atoms with Crippen molar-refractivity contribution in [3.05, 3.63) is 0 Å². The van der Waals surface area contributed by atoms with Crippen molar-refractivity contribution in [3.8, 4) is 0 Å². The van der Waals surface area contributed by atoms with Gasteiger partial charge in [-0.15, -0.1) is 0 Å². The highest BCUT2D eigenvalue weighted by Crippen LogP contribution is 2.37. The Hall–Kier alpha value is -2.68. The SMILES string of the molecule is CC(=O)N[C@H]1[C@H](O[C@H]2[C@@H](O)[C@@H](COS(=O)(=O)O)O[C@@H](O[C@@H]([C@H](O)[C@@H](O)CO)[C@H](O)CO)[C@@H]2O)O[C@H](CO)[C@@H](O[C@@H]2O[C@H](CO[C@]3(C(=O)O)C[C@H](O)[C@@H](NC(C)=O)[C@H]([C@H](O)[C@H](O)CO)O3)[C@H](O)[C@H](O)[C@H]2O)[C@@H]1O. The van der Waals surface area contributed by atoms with Gasteiger partial charge in [0.2, 0.25) is 11.8 Å². The van der Waals surface area contributed by atoms with Crippen LogP contribution >= 0.6 is 0 Å². The normalized spacial score (nSPS) is 40.3. The van der Waals surface area contributed by atoms with Crippen molar-refractivity contribution < 1.29 is 156 Å². The number of ether oxygens (including phenoxy) is 8. The molecule has 20 N–H and O–H groups in total. The van der Waals surface area contributed by atoms with Gasteiger partial charge in [-0.25, -0.2) is 8.98 Å². The van der Waals surface area contributed by atoms with E-state index in [0.717, 1.165) is 13.8 Å². The topological polar surface area (TPSA) is 557 Å². The van der Waals surface area contributed by atoms with Crippen molar-refractivity contribution in [2.45, 2.75) is 173 Å². The molecule has 0 unspecified atom stereocenters. The molecule has 4 saturated heterocycles. The second-order valence-corrected chi connectivity index (χ2v) is 18.3. The Morgan fingerprint density at radius 2 is 1.19 bits per heavy atom. The smallest absolute Gasteiger partial charge is 0.397 e. The molecule has 4 aliphatic rings. The summed E-state index contributed by atoms with van der Waals surface area (Å²) in [7, 11) is -5.29. The van der Waals surface area contributed by atoms with E-state index in [1.54, 1.807) is 0 Å². The number of carbonyl (C=O) groups excluding carboxylic acids is 2. The van der Waals surface area contributed by atoms with Crippen molar-refractivity contribution in [1.29, 1.82) is 0 Å². The monoisotopic (exact) mass is 1080 g/mol. The maximum Gasteiger partial charge on any atom is 0.397 e. The molecule has 0 aromatic rings. The zero-order valence-corrected chi connectivity index (χ0v) is 38.8. The summed E-state index contributed by atoms with van der Waals surface area (Å²) in [5, 5.41) is 184. The molecular weight excluding hydrogens is 1020 g/mol. The minimum Gasteiger partial charge on any atom is -0.477 e. The lowest BCUT2D eigenvalue weighted by molar-refractivity contribution is -0.375. The molecule has 4 rings (SSSR count). The predicted octanol–water partition coefficient (Wildman–Crippen LogP) is -13.0. The van der Waals surface area contributed by atoms with Gasteiger partial charge in [0, 0.05) is 20.3 Å². The van der Waals surface area contributed by atoms with Gasteiger partial charge in [-0.2, -0.15) is 8.42 Å². The number of hydrogen-bond donors (Lipinski definition) is 20. The lowest BCUT2D eigenvalue weighted by Gasteiger charge is -2.50. The molecule has 4 fully saturated rings. The van der Waals surface area contributed by atoms with Gasteiger partial charge in [0.15, 0.2) is 18.9 Å². The minimum absolute atomic E-state index is 0.800. The second-order valence-electron chi connectivity index (χ2n) is 17.2. The van der Waals surface area contributed by atoms with Crippen molar-refractivity contribution in [1.82, 2.24) is 10.6 Å². The van der Waals surface area contributed by atoms with Crippen LogP contribution in [0.1, 0.15) is 20.3 Å². The largest absolute Gasteiger partial charge is 0.477 e. The van der Waals surface area contributed by atoms with Gasteiger partial charge in [0.25, 0.3) is 5.79 Å². The van der Waals surface area contributed by atoms with E-state index in [2.05, 4.69) is 14.8 Å². The molecule has 0 bridgehead atoms. The third kappa shape index (κ3) is 14.8. The summed E-state index contributed by atoms with van der Waals surface area (Å²) in [6, 6.07) is -3.54. The van der Waals surface area contributed by atoms with Crippen LogP contribution in [0.5, 0.6) is 0 Å². The van der Waals surface area contributed by atoms with E-state index in [-0.39, 0.29) is 0 Å². The maximum absolute atomic E-state index is 12.7. The lowest BCUT2D eigenvalue weighted by Crippen LogP contribution is -2.70. The average Bonchev–Trinajstić information content (AvgIpc) is 3.32. The molecule has 0 radical (unpaired) electrons. The van der Waals surface area contributed by atoms with Crippen molar-refractivity contribution in [2.24, 2.45) is 0 Å².